The fraction of sp³-hybridized carbons (Fsp3) is 0. The number of benzene rings is 1. The maximum Gasteiger partial charge on any atom is 0.528 e. The Bertz CT molecular complexity index is 431. The van der Waals surface area contributed by atoms with Crippen molar-refractivity contribution in [2.24, 2.45) is 0 Å². The SMILES string of the molecule is OB(O)c1ncc(-c2ccccc2)cn1. The largest absolute Gasteiger partial charge is 0.528 e. The Morgan fingerprint density at radius 2 is 1.47 bits per heavy atom. The van der Waals surface area contributed by atoms with E-state index in [-0.39, 0.29) is 5.72 Å². The first-order valence-electron chi connectivity index (χ1n) is 4.51. The van der Waals surface area contributed by atoms with Gasteiger partial charge < -0.3 is 10.0 Å². The zero-order chi connectivity index (χ0) is 10.7. The van der Waals surface area contributed by atoms with E-state index in [0.717, 1.165) is 11.1 Å². The van der Waals surface area contributed by atoms with Crippen LogP contribution in [0, 0.1) is 0 Å². The number of hydrogen-bond acceptors (Lipinski definition) is 4. The molecular formula is C10H9BN2O2. The number of nitrogens with zero attached hydrogens (tertiary/aromatic N) is 2. The summed E-state index contributed by atoms with van der Waals surface area (Å²) in [6, 6.07) is 9.64. The minimum absolute atomic E-state index is 0.00896. The van der Waals surface area contributed by atoms with E-state index in [1.807, 2.05) is 30.3 Å². The molecule has 2 aromatic rings. The molecule has 0 aliphatic rings. The summed E-state index contributed by atoms with van der Waals surface area (Å²) < 4.78 is 0. The molecule has 0 spiro atoms. The molecule has 1 heterocycles. The van der Waals surface area contributed by atoms with Crippen LogP contribution in [0.2, 0.25) is 0 Å². The molecule has 2 rings (SSSR count). The van der Waals surface area contributed by atoms with Crippen LogP contribution in [0.15, 0.2) is 42.7 Å². The van der Waals surface area contributed by atoms with Crippen molar-refractivity contribution < 1.29 is 10.0 Å². The lowest BCUT2D eigenvalue weighted by Crippen LogP contribution is -2.35. The van der Waals surface area contributed by atoms with E-state index in [2.05, 4.69) is 9.97 Å². The summed E-state index contributed by atoms with van der Waals surface area (Å²) in [4.78, 5) is 7.69. The monoisotopic (exact) mass is 200 g/mol. The first-order chi connectivity index (χ1) is 7.27. The molecule has 5 heteroatoms. The Hall–Kier alpha value is -1.72. The van der Waals surface area contributed by atoms with E-state index in [1.165, 1.54) is 0 Å². The summed E-state index contributed by atoms with van der Waals surface area (Å²) >= 11 is 0. The van der Waals surface area contributed by atoms with Crippen molar-refractivity contribution in [1.29, 1.82) is 0 Å². The summed E-state index contributed by atoms with van der Waals surface area (Å²) in [5.74, 6) is 0. The third kappa shape index (κ3) is 2.20. The predicted octanol–water partition coefficient (Wildman–Crippen LogP) is -0.177. The molecular weight excluding hydrogens is 191 g/mol. The number of hydrogen-bond donors (Lipinski definition) is 2. The average molecular weight is 200 g/mol. The topological polar surface area (TPSA) is 66.2 Å². The zero-order valence-electron chi connectivity index (χ0n) is 7.91. The van der Waals surface area contributed by atoms with Gasteiger partial charge in [0.05, 0.1) is 0 Å². The third-order valence-electron chi connectivity index (χ3n) is 2.01. The average Bonchev–Trinajstić information content (AvgIpc) is 2.30. The minimum atomic E-state index is -1.62. The first kappa shape index (κ1) is 9.83. The molecule has 0 saturated carbocycles. The Balaban J connectivity index is 2.32. The molecule has 74 valence electrons. The second-order valence-electron chi connectivity index (χ2n) is 3.07. The first-order valence-corrected chi connectivity index (χ1v) is 4.51. The van der Waals surface area contributed by atoms with Gasteiger partial charge in [0.2, 0.25) is 0 Å². The molecule has 0 fully saturated rings. The van der Waals surface area contributed by atoms with Gasteiger partial charge in [0, 0.05) is 18.0 Å². The Morgan fingerprint density at radius 3 is 2.00 bits per heavy atom. The molecule has 1 aromatic carbocycles. The van der Waals surface area contributed by atoms with Gasteiger partial charge in [-0.1, -0.05) is 30.3 Å². The van der Waals surface area contributed by atoms with Crippen molar-refractivity contribution >= 4 is 12.8 Å². The number of rotatable bonds is 2. The van der Waals surface area contributed by atoms with Crippen molar-refractivity contribution in [2.45, 2.75) is 0 Å². The van der Waals surface area contributed by atoms with Crippen LogP contribution in [-0.4, -0.2) is 27.1 Å². The molecule has 0 aliphatic carbocycles. The Morgan fingerprint density at radius 1 is 0.867 bits per heavy atom. The highest BCUT2D eigenvalue weighted by atomic mass is 16.4. The van der Waals surface area contributed by atoms with E-state index in [4.69, 9.17) is 10.0 Å². The van der Waals surface area contributed by atoms with Crippen molar-refractivity contribution in [1.82, 2.24) is 9.97 Å². The summed E-state index contributed by atoms with van der Waals surface area (Å²) in [5.41, 5.74) is 1.85. The fourth-order valence-corrected chi connectivity index (χ4v) is 1.25. The number of aromatic nitrogens is 2. The second kappa shape index (κ2) is 4.21. The molecule has 0 amide bonds. The van der Waals surface area contributed by atoms with Crippen LogP contribution in [0.5, 0.6) is 0 Å². The van der Waals surface area contributed by atoms with Gasteiger partial charge in [-0.15, -0.1) is 0 Å². The van der Waals surface area contributed by atoms with Gasteiger partial charge in [-0.2, -0.15) is 0 Å². The van der Waals surface area contributed by atoms with Gasteiger partial charge in [0.25, 0.3) is 0 Å². The highest BCUT2D eigenvalue weighted by Crippen LogP contribution is 2.14. The quantitative estimate of drug-likeness (QED) is 0.660. The lowest BCUT2D eigenvalue weighted by atomic mass is 9.90. The molecule has 1 aromatic heterocycles. The van der Waals surface area contributed by atoms with Crippen LogP contribution in [0.4, 0.5) is 0 Å². The van der Waals surface area contributed by atoms with E-state index in [9.17, 15) is 0 Å². The predicted molar refractivity (Wildman–Crippen MR) is 57.3 cm³/mol. The summed E-state index contributed by atoms with van der Waals surface area (Å²) in [6.45, 7) is 0. The van der Waals surface area contributed by atoms with E-state index >= 15 is 0 Å². The molecule has 0 saturated heterocycles. The zero-order valence-corrected chi connectivity index (χ0v) is 7.91. The van der Waals surface area contributed by atoms with Gasteiger partial charge in [0.1, 0.15) is 0 Å². The van der Waals surface area contributed by atoms with E-state index in [1.54, 1.807) is 12.4 Å². The van der Waals surface area contributed by atoms with Gasteiger partial charge in [-0.05, 0) is 5.56 Å². The molecule has 0 aliphatic heterocycles. The smallest absolute Gasteiger partial charge is 0.421 e. The van der Waals surface area contributed by atoms with Crippen LogP contribution in [-0.2, 0) is 0 Å². The van der Waals surface area contributed by atoms with E-state index < -0.39 is 7.12 Å². The molecule has 0 bridgehead atoms. The lowest BCUT2D eigenvalue weighted by Gasteiger charge is -2.01. The molecule has 4 nitrogen and oxygen atoms in total. The minimum Gasteiger partial charge on any atom is -0.421 e. The molecule has 0 atom stereocenters. The second-order valence-corrected chi connectivity index (χ2v) is 3.07. The molecule has 2 N–H and O–H groups in total. The van der Waals surface area contributed by atoms with Crippen molar-refractivity contribution in [3.63, 3.8) is 0 Å². The molecule has 0 unspecified atom stereocenters. The van der Waals surface area contributed by atoms with Crippen molar-refractivity contribution in [3.05, 3.63) is 42.7 Å². The standard InChI is InChI=1S/C10H9BN2O2/c14-11(15)10-12-6-9(7-13-10)8-4-2-1-3-5-8/h1-7,14-15H. The summed E-state index contributed by atoms with van der Waals surface area (Å²) in [6.07, 6.45) is 3.13. The maximum atomic E-state index is 8.82. The highest BCUT2D eigenvalue weighted by molar-refractivity contribution is 6.56. The Kier molecular flexibility index (Phi) is 2.76. The van der Waals surface area contributed by atoms with Gasteiger partial charge in [0.15, 0.2) is 5.72 Å². The summed E-state index contributed by atoms with van der Waals surface area (Å²) in [5, 5.41) is 17.6. The van der Waals surface area contributed by atoms with Gasteiger partial charge in [-0.25, -0.2) is 9.97 Å². The van der Waals surface area contributed by atoms with Crippen molar-refractivity contribution in [3.8, 4) is 11.1 Å². The lowest BCUT2D eigenvalue weighted by molar-refractivity contribution is 0.422. The normalized spacial score (nSPS) is 10.0. The van der Waals surface area contributed by atoms with Gasteiger partial charge >= 0.3 is 7.12 Å². The van der Waals surface area contributed by atoms with Crippen LogP contribution in [0.1, 0.15) is 0 Å². The van der Waals surface area contributed by atoms with Gasteiger partial charge in [-0.3, -0.25) is 0 Å². The van der Waals surface area contributed by atoms with Crippen LogP contribution < -0.4 is 5.72 Å². The molecule has 15 heavy (non-hydrogen) atoms. The Labute approximate surface area is 87.4 Å². The van der Waals surface area contributed by atoms with Crippen LogP contribution >= 0.6 is 0 Å². The third-order valence-corrected chi connectivity index (χ3v) is 2.01. The van der Waals surface area contributed by atoms with Crippen LogP contribution in [0.25, 0.3) is 11.1 Å². The summed E-state index contributed by atoms with van der Waals surface area (Å²) in [7, 11) is -1.62. The fourth-order valence-electron chi connectivity index (χ4n) is 1.25. The van der Waals surface area contributed by atoms with Crippen LogP contribution in [0.3, 0.4) is 0 Å². The van der Waals surface area contributed by atoms with Crippen molar-refractivity contribution in [2.75, 3.05) is 0 Å². The maximum absolute atomic E-state index is 8.82. The highest BCUT2D eigenvalue weighted by Gasteiger charge is 2.14. The molecule has 0 radical (unpaired) electrons. The van der Waals surface area contributed by atoms with E-state index in [0.29, 0.717) is 0 Å².